The molecule has 0 aliphatic carbocycles. The van der Waals surface area contributed by atoms with Gasteiger partial charge in [0.05, 0.1) is 53.0 Å². The van der Waals surface area contributed by atoms with Gasteiger partial charge >= 0.3 is 48.2 Å². The van der Waals surface area contributed by atoms with Crippen molar-refractivity contribution < 1.29 is 98.4 Å². The zero-order chi connectivity index (χ0) is 46.9. The smallest absolute Gasteiger partial charge is 0.323 e. The zero-order valence-electron chi connectivity index (χ0n) is 31.1. The van der Waals surface area contributed by atoms with Gasteiger partial charge < -0.3 is 105 Å². The molecular formula is C26H40N16O20. The Bertz CT molecular complexity index is 1760. The predicted octanol–water partition coefficient (Wildman–Crippen LogP) is -13.4. The number of imide groups is 4. The van der Waals surface area contributed by atoms with E-state index in [1.807, 2.05) is 74.4 Å². The number of rotatable bonds is 16. The molecule has 344 valence electrons. The zero-order valence-corrected chi connectivity index (χ0v) is 31.1. The van der Waals surface area contributed by atoms with Gasteiger partial charge in [0.25, 0.3) is 23.6 Å². The van der Waals surface area contributed by atoms with Crippen LogP contribution in [0.4, 0.5) is 38.4 Å². The number of carbonyl (C=O) groups excluding carboxylic acids is 12. The number of hydrogen-bond donors (Lipinski definition) is 24. The number of aliphatic hydroxyl groups is 8. The lowest BCUT2D eigenvalue weighted by molar-refractivity contribution is -0.151. The van der Waals surface area contributed by atoms with Gasteiger partial charge in [-0.05, 0) is 0 Å². The van der Waals surface area contributed by atoms with Crippen LogP contribution in [0.1, 0.15) is 0 Å². The maximum absolute atomic E-state index is 12.1. The first-order chi connectivity index (χ1) is 28.9. The summed E-state index contributed by atoms with van der Waals surface area (Å²) in [4.78, 5) is 141. The van der Waals surface area contributed by atoms with Crippen LogP contribution in [0.3, 0.4) is 0 Å². The Morgan fingerprint density at radius 3 is 0.887 bits per heavy atom. The minimum absolute atomic E-state index is 0.656. The second-order valence-corrected chi connectivity index (χ2v) is 12.8. The number of carbonyl (C=O) groups is 12. The molecule has 20 amide bonds. The Labute approximate surface area is 342 Å². The lowest BCUT2D eigenvalue weighted by Gasteiger charge is -2.39. The Kier molecular flexibility index (Phi) is 14.9. The molecule has 4 unspecified atom stereocenters. The Hall–Kier alpha value is -7.48. The molecule has 4 fully saturated rings. The molecular weight excluding hydrogens is 856 g/mol. The maximum Gasteiger partial charge on any atom is 0.323 e. The number of nitrogens with one attached hydrogen (secondary N) is 16. The Balaban J connectivity index is 0.000000330. The monoisotopic (exact) mass is 896 g/mol. The molecule has 0 aromatic carbocycles. The highest BCUT2D eigenvalue weighted by Crippen LogP contribution is 2.24. The summed E-state index contributed by atoms with van der Waals surface area (Å²) in [6.07, 6.45) is 0. The van der Waals surface area contributed by atoms with Gasteiger partial charge in [0.2, 0.25) is 22.7 Å². The van der Waals surface area contributed by atoms with Gasteiger partial charge in [0, 0.05) is 0 Å². The maximum atomic E-state index is 12.1. The summed E-state index contributed by atoms with van der Waals surface area (Å²) in [5.74, 6) is -4.62. The van der Waals surface area contributed by atoms with Gasteiger partial charge in [-0.15, -0.1) is 0 Å². The highest BCUT2D eigenvalue weighted by Gasteiger charge is 2.63. The van der Waals surface area contributed by atoms with Crippen molar-refractivity contribution in [1.82, 2.24) is 85.1 Å². The quantitative estimate of drug-likeness (QED) is 0.0505. The molecule has 36 heteroatoms. The molecule has 0 aromatic heterocycles. The van der Waals surface area contributed by atoms with E-state index in [1.165, 1.54) is 0 Å². The summed E-state index contributed by atoms with van der Waals surface area (Å²) in [6.45, 7) is -8.24. The van der Waals surface area contributed by atoms with Crippen LogP contribution in [-0.2, 0) is 19.2 Å². The highest BCUT2D eigenvalue weighted by atomic mass is 16.4. The van der Waals surface area contributed by atoms with Crippen LogP contribution in [0.15, 0.2) is 0 Å². The van der Waals surface area contributed by atoms with Crippen LogP contribution < -0.4 is 85.1 Å². The van der Waals surface area contributed by atoms with E-state index in [-0.39, 0.29) is 0 Å². The summed E-state index contributed by atoms with van der Waals surface area (Å²) in [5, 5.41) is 107. The Morgan fingerprint density at radius 2 is 0.677 bits per heavy atom. The average Bonchev–Trinajstić information content (AvgIpc) is 3.88. The van der Waals surface area contributed by atoms with Gasteiger partial charge in [-0.25, -0.2) is 38.4 Å². The van der Waals surface area contributed by atoms with E-state index < -0.39 is 159 Å². The average molecular weight is 897 g/mol. The van der Waals surface area contributed by atoms with Gasteiger partial charge in [0.1, 0.15) is 0 Å². The van der Waals surface area contributed by atoms with Crippen LogP contribution in [0.5, 0.6) is 0 Å². The minimum atomic E-state index is -2.70. The third-order valence-corrected chi connectivity index (χ3v) is 8.79. The van der Waals surface area contributed by atoms with Crippen LogP contribution in [0, 0.1) is 0 Å². The van der Waals surface area contributed by atoms with Crippen molar-refractivity contribution in [1.29, 1.82) is 0 Å². The largest absolute Gasteiger partial charge is 0.393 e. The number of urea groups is 8. The molecule has 4 saturated heterocycles. The van der Waals surface area contributed by atoms with Crippen molar-refractivity contribution in [3.05, 3.63) is 0 Å². The van der Waals surface area contributed by atoms with Gasteiger partial charge in [-0.2, -0.15) is 0 Å². The summed E-state index contributed by atoms with van der Waals surface area (Å²) < 4.78 is 0. The molecule has 0 spiro atoms. The first-order valence-corrected chi connectivity index (χ1v) is 16.8. The fourth-order valence-corrected chi connectivity index (χ4v) is 5.32. The summed E-state index contributed by atoms with van der Waals surface area (Å²) >= 11 is 0. The van der Waals surface area contributed by atoms with Crippen LogP contribution in [0.2, 0.25) is 0 Å². The second-order valence-electron chi connectivity index (χ2n) is 12.8. The van der Waals surface area contributed by atoms with Gasteiger partial charge in [0.15, 0.2) is 11.2 Å². The third-order valence-electron chi connectivity index (χ3n) is 8.79. The van der Waals surface area contributed by atoms with E-state index in [0.717, 1.165) is 0 Å². The number of aliphatic hydroxyl groups excluding tert-OH is 6. The lowest BCUT2D eigenvalue weighted by Crippen LogP contribution is -2.77. The molecule has 0 saturated carbocycles. The standard InChI is InChI=1S/2C13H20N8O10/c2*22-1-11(31,2-23)13(6(26)17-10(30)21-13)20-8(28)15-4-14-7(27)18-12(3-24)5(25)16-9(29)19-12/h2*22-24,31H,1-4H2,(H2,14,18,27)(H2,15,20,28)(H2,16,19,25,29)(H2,17,21,26,30). The molecule has 4 aliphatic heterocycles. The lowest BCUT2D eigenvalue weighted by atomic mass is 9.88. The van der Waals surface area contributed by atoms with Crippen LogP contribution in [0.25, 0.3) is 0 Å². The van der Waals surface area contributed by atoms with E-state index in [1.54, 1.807) is 10.6 Å². The van der Waals surface area contributed by atoms with Crippen molar-refractivity contribution >= 4 is 71.9 Å². The number of hydrogen-bond acceptors (Lipinski definition) is 20. The van der Waals surface area contributed by atoms with Crippen molar-refractivity contribution in [2.75, 3.05) is 53.0 Å². The topological polar surface area (TPSA) is 559 Å². The summed E-state index contributed by atoms with van der Waals surface area (Å²) in [6, 6.07) is -8.91. The SMILES string of the molecule is O=C(NCNC(=O)NC1(C(O)(CO)CO)NC(=O)NC1=O)NC1(CO)NC(=O)NC1=O.O=C(NCNC(=O)NC1(C(O)(CO)CO)NC(=O)NC1=O)NC1(CO)NC(=O)NC1=O. The molecule has 36 nitrogen and oxygen atoms in total. The fraction of sp³-hybridized carbons (Fsp3) is 0.538. The molecule has 0 bridgehead atoms. The summed E-state index contributed by atoms with van der Waals surface area (Å²) in [7, 11) is 0. The van der Waals surface area contributed by atoms with E-state index in [2.05, 4.69) is 0 Å². The van der Waals surface area contributed by atoms with Crippen molar-refractivity contribution in [3.8, 4) is 0 Å². The summed E-state index contributed by atoms with van der Waals surface area (Å²) in [5.41, 5.74) is -14.9. The predicted molar refractivity (Wildman–Crippen MR) is 186 cm³/mol. The van der Waals surface area contributed by atoms with E-state index in [0.29, 0.717) is 0 Å². The molecule has 0 aromatic rings. The second kappa shape index (κ2) is 18.8. The van der Waals surface area contributed by atoms with Crippen molar-refractivity contribution in [3.63, 3.8) is 0 Å². The van der Waals surface area contributed by atoms with Crippen LogP contribution in [-0.4, -0.2) is 200 Å². The molecule has 4 rings (SSSR count). The highest BCUT2D eigenvalue weighted by molar-refractivity contribution is 6.11. The molecule has 4 heterocycles. The number of amides is 20. The molecule has 4 aliphatic rings. The van der Waals surface area contributed by atoms with E-state index >= 15 is 0 Å². The molecule has 62 heavy (non-hydrogen) atoms. The minimum Gasteiger partial charge on any atom is -0.393 e. The van der Waals surface area contributed by atoms with E-state index in [9.17, 15) is 98.4 Å². The van der Waals surface area contributed by atoms with Gasteiger partial charge in [-0.1, -0.05) is 0 Å². The van der Waals surface area contributed by atoms with Crippen molar-refractivity contribution in [2.45, 2.75) is 33.9 Å². The molecule has 4 atom stereocenters. The van der Waals surface area contributed by atoms with Gasteiger partial charge in [-0.3, -0.25) is 40.4 Å². The fourth-order valence-electron chi connectivity index (χ4n) is 5.32. The normalized spacial score (nSPS) is 25.2. The molecule has 24 N–H and O–H groups in total. The first kappa shape index (κ1) is 48.9. The third kappa shape index (κ3) is 9.60. The Morgan fingerprint density at radius 1 is 0.419 bits per heavy atom. The van der Waals surface area contributed by atoms with Crippen molar-refractivity contribution in [2.24, 2.45) is 0 Å². The first-order valence-electron chi connectivity index (χ1n) is 16.8. The molecule has 0 radical (unpaired) electrons. The van der Waals surface area contributed by atoms with E-state index in [4.69, 9.17) is 0 Å². The van der Waals surface area contributed by atoms with Crippen LogP contribution >= 0.6 is 0 Å².